The van der Waals surface area contributed by atoms with Crippen LogP contribution in [0.1, 0.15) is 55.3 Å². The molecule has 3 fully saturated rings. The number of halogens is 3. The highest BCUT2D eigenvalue weighted by Crippen LogP contribution is 2.55. The average Bonchev–Trinajstić information content (AvgIpc) is 3.41. The van der Waals surface area contributed by atoms with Crippen LogP contribution in [0.3, 0.4) is 0 Å². The van der Waals surface area contributed by atoms with Crippen molar-refractivity contribution in [1.29, 1.82) is 0 Å². The molecule has 168 valence electrons. The summed E-state index contributed by atoms with van der Waals surface area (Å²) >= 11 is 0. The first-order valence-corrected chi connectivity index (χ1v) is 11.1. The van der Waals surface area contributed by atoms with Crippen LogP contribution < -0.4 is 10.6 Å². The van der Waals surface area contributed by atoms with E-state index in [-0.39, 0.29) is 36.4 Å². The van der Waals surface area contributed by atoms with Crippen molar-refractivity contribution in [2.24, 2.45) is 11.3 Å². The van der Waals surface area contributed by atoms with Crippen molar-refractivity contribution in [2.45, 2.75) is 69.8 Å². The molecule has 1 saturated heterocycles. The number of amides is 2. The molecule has 6 nitrogen and oxygen atoms in total. The number of nitrogens with one attached hydrogen (secondary N) is 2. The zero-order valence-corrected chi connectivity index (χ0v) is 17.3. The first-order chi connectivity index (χ1) is 14.8. The maximum Gasteiger partial charge on any atom is 0.417 e. The van der Waals surface area contributed by atoms with Gasteiger partial charge in [0, 0.05) is 44.0 Å². The predicted molar refractivity (Wildman–Crippen MR) is 106 cm³/mol. The van der Waals surface area contributed by atoms with E-state index < -0.39 is 17.2 Å². The number of carbonyl (C=O) groups is 2. The molecule has 4 atom stereocenters. The van der Waals surface area contributed by atoms with E-state index in [1.165, 1.54) is 0 Å². The Bertz CT molecular complexity index is 905. The van der Waals surface area contributed by atoms with Crippen LogP contribution in [0.5, 0.6) is 0 Å². The zero-order chi connectivity index (χ0) is 21.8. The molecule has 2 N–H and O–H groups in total. The molecular weight excluding hydrogens is 409 g/mol. The third kappa shape index (κ3) is 3.60. The molecule has 31 heavy (non-hydrogen) atoms. The molecule has 2 aliphatic heterocycles. The number of rotatable bonds is 3. The van der Waals surface area contributed by atoms with Gasteiger partial charge < -0.3 is 15.5 Å². The van der Waals surface area contributed by atoms with Gasteiger partial charge >= 0.3 is 6.18 Å². The van der Waals surface area contributed by atoms with Crippen LogP contribution in [-0.4, -0.2) is 46.9 Å². The van der Waals surface area contributed by atoms with E-state index in [0.717, 1.165) is 44.4 Å². The van der Waals surface area contributed by atoms with E-state index >= 15 is 0 Å². The third-order valence-electron chi connectivity index (χ3n) is 7.70. The topological polar surface area (TPSA) is 74.3 Å². The lowest BCUT2D eigenvalue weighted by atomic mass is 9.78. The summed E-state index contributed by atoms with van der Waals surface area (Å²) in [5, 5.41) is 6.30. The summed E-state index contributed by atoms with van der Waals surface area (Å²) in [7, 11) is 0. The molecule has 0 spiro atoms. The molecule has 1 aromatic heterocycles. The van der Waals surface area contributed by atoms with E-state index in [1.54, 1.807) is 4.90 Å². The van der Waals surface area contributed by atoms with Gasteiger partial charge in [-0.25, -0.2) is 0 Å². The fraction of sp³-hybridized carbons (Fsp3) is 0.682. The standard InChI is InChI=1S/C22H27F3N4O2/c23-22(24,25)15-8-13-12-29(7-4-17(13)27-11-15)20(31)21-5-1-2-14(21)9-16(10-21)28-18-3-6-26-19(18)30/h8,11,14,16,18,28H,1-7,9-10,12H2,(H,26,30)/t14-,16+,18+,21-/m1/s1. The number of pyridine rings is 1. The number of hydrogen-bond acceptors (Lipinski definition) is 4. The summed E-state index contributed by atoms with van der Waals surface area (Å²) in [6.07, 6.45) is 2.05. The van der Waals surface area contributed by atoms with Crippen LogP contribution in [0.2, 0.25) is 0 Å². The highest BCUT2D eigenvalue weighted by molar-refractivity contribution is 5.85. The number of hydrogen-bond donors (Lipinski definition) is 2. The van der Waals surface area contributed by atoms with Crippen molar-refractivity contribution < 1.29 is 22.8 Å². The molecule has 2 aliphatic carbocycles. The van der Waals surface area contributed by atoms with Crippen molar-refractivity contribution in [3.63, 3.8) is 0 Å². The fourth-order valence-electron chi connectivity index (χ4n) is 6.23. The molecule has 9 heteroatoms. The first-order valence-electron chi connectivity index (χ1n) is 11.1. The molecule has 1 aromatic rings. The highest BCUT2D eigenvalue weighted by Gasteiger charge is 2.56. The smallest absolute Gasteiger partial charge is 0.355 e. The Hall–Kier alpha value is -2.16. The van der Waals surface area contributed by atoms with Crippen molar-refractivity contribution in [2.75, 3.05) is 13.1 Å². The maximum absolute atomic E-state index is 13.7. The van der Waals surface area contributed by atoms with E-state index in [0.29, 0.717) is 37.2 Å². The SMILES string of the molecule is O=C1NCC[C@@H]1N[C@H]1C[C@H]2CCC[C@@]2(C(=O)N2CCc3ncc(C(F)(F)F)cc3C2)C1. The minimum atomic E-state index is -4.44. The number of fused-ring (bicyclic) bond motifs is 2. The second-order valence-electron chi connectivity index (χ2n) is 9.49. The van der Waals surface area contributed by atoms with Gasteiger partial charge in [-0.15, -0.1) is 0 Å². The lowest BCUT2D eigenvalue weighted by molar-refractivity contribution is -0.144. The Kier molecular flexibility index (Phi) is 4.99. The van der Waals surface area contributed by atoms with Gasteiger partial charge in [0.05, 0.1) is 17.0 Å². The van der Waals surface area contributed by atoms with E-state index in [9.17, 15) is 22.8 Å². The van der Waals surface area contributed by atoms with Gasteiger partial charge in [-0.05, 0) is 49.7 Å². The summed E-state index contributed by atoms with van der Waals surface area (Å²) in [6, 6.07) is 1.08. The van der Waals surface area contributed by atoms with Crippen molar-refractivity contribution >= 4 is 11.8 Å². The summed E-state index contributed by atoms with van der Waals surface area (Å²) < 4.78 is 39.3. The summed E-state index contributed by atoms with van der Waals surface area (Å²) in [6.45, 7) is 1.35. The van der Waals surface area contributed by atoms with Crippen molar-refractivity contribution in [3.8, 4) is 0 Å². The van der Waals surface area contributed by atoms with E-state index in [2.05, 4.69) is 15.6 Å². The second-order valence-corrected chi connectivity index (χ2v) is 9.49. The van der Waals surface area contributed by atoms with E-state index in [1.807, 2.05) is 0 Å². The Morgan fingerprint density at radius 1 is 1.32 bits per heavy atom. The second kappa shape index (κ2) is 7.46. The number of alkyl halides is 3. The van der Waals surface area contributed by atoms with Gasteiger partial charge in [0.25, 0.3) is 0 Å². The maximum atomic E-state index is 13.7. The molecule has 5 rings (SSSR count). The minimum absolute atomic E-state index is 0.0260. The number of carbonyl (C=O) groups excluding carboxylic acids is 2. The molecule has 3 heterocycles. The molecule has 0 aromatic carbocycles. The van der Waals surface area contributed by atoms with Crippen LogP contribution in [0.15, 0.2) is 12.3 Å². The lowest BCUT2D eigenvalue weighted by Gasteiger charge is -2.37. The Morgan fingerprint density at radius 2 is 2.16 bits per heavy atom. The lowest BCUT2D eigenvalue weighted by Crippen LogP contribution is -2.47. The Labute approximate surface area is 179 Å². The van der Waals surface area contributed by atoms with Gasteiger partial charge in [-0.3, -0.25) is 14.6 Å². The number of nitrogens with zero attached hydrogens (tertiary/aromatic N) is 2. The minimum Gasteiger partial charge on any atom is -0.355 e. The van der Waals surface area contributed by atoms with Gasteiger partial charge in [0.15, 0.2) is 0 Å². The highest BCUT2D eigenvalue weighted by atomic mass is 19.4. The molecule has 2 saturated carbocycles. The third-order valence-corrected chi connectivity index (χ3v) is 7.70. The normalized spacial score (nSPS) is 32.7. The largest absolute Gasteiger partial charge is 0.417 e. The molecule has 2 amide bonds. The van der Waals surface area contributed by atoms with Crippen LogP contribution in [0.25, 0.3) is 0 Å². The summed E-state index contributed by atoms with van der Waals surface area (Å²) in [5.74, 6) is 0.360. The van der Waals surface area contributed by atoms with Crippen LogP contribution in [-0.2, 0) is 28.7 Å². The zero-order valence-electron chi connectivity index (χ0n) is 17.3. The van der Waals surface area contributed by atoms with Crippen molar-refractivity contribution in [1.82, 2.24) is 20.5 Å². The Morgan fingerprint density at radius 3 is 2.90 bits per heavy atom. The monoisotopic (exact) mass is 436 g/mol. The quantitative estimate of drug-likeness (QED) is 0.763. The molecule has 0 radical (unpaired) electrons. The molecule has 4 aliphatic rings. The van der Waals surface area contributed by atoms with Crippen LogP contribution in [0, 0.1) is 11.3 Å². The van der Waals surface area contributed by atoms with Gasteiger partial charge in [0.2, 0.25) is 11.8 Å². The molecular formula is C22H27F3N4O2. The average molecular weight is 436 g/mol. The summed E-state index contributed by atoms with van der Waals surface area (Å²) in [5.41, 5.74) is -0.0805. The molecule has 0 unspecified atom stereocenters. The fourth-order valence-corrected chi connectivity index (χ4v) is 6.23. The Balaban J connectivity index is 1.33. The van der Waals surface area contributed by atoms with Crippen LogP contribution in [0.4, 0.5) is 13.2 Å². The summed E-state index contributed by atoms with van der Waals surface area (Å²) in [4.78, 5) is 31.4. The van der Waals surface area contributed by atoms with Crippen LogP contribution >= 0.6 is 0 Å². The van der Waals surface area contributed by atoms with Gasteiger partial charge in [0.1, 0.15) is 0 Å². The number of aromatic nitrogens is 1. The predicted octanol–water partition coefficient (Wildman–Crippen LogP) is 2.41. The first kappa shape index (κ1) is 20.7. The van der Waals surface area contributed by atoms with Gasteiger partial charge in [-0.1, -0.05) is 6.42 Å². The van der Waals surface area contributed by atoms with Crippen molar-refractivity contribution in [3.05, 3.63) is 29.1 Å². The van der Waals surface area contributed by atoms with E-state index in [4.69, 9.17) is 0 Å². The molecule has 0 bridgehead atoms. The van der Waals surface area contributed by atoms with Gasteiger partial charge in [-0.2, -0.15) is 13.2 Å².